The second-order valence-corrected chi connectivity index (χ2v) is 7.82. The molecule has 3 N–H and O–H groups in total. The maximum atomic E-state index is 12.3. The van der Waals surface area contributed by atoms with Crippen molar-refractivity contribution in [2.24, 2.45) is 7.05 Å². The number of benzene rings is 1. The molecule has 13 nitrogen and oxygen atoms in total. The number of ether oxygens (including phenoxy) is 1. The summed E-state index contributed by atoms with van der Waals surface area (Å²) in [6.45, 7) is -1.64. The summed E-state index contributed by atoms with van der Waals surface area (Å²) in [5, 5.41) is 15.6. The molecule has 0 aliphatic heterocycles. The van der Waals surface area contributed by atoms with E-state index in [-0.39, 0.29) is 11.4 Å². The van der Waals surface area contributed by atoms with E-state index in [1.165, 1.54) is 23.7 Å². The van der Waals surface area contributed by atoms with Gasteiger partial charge in [-0.3, -0.25) is 29.8 Å². The number of carbonyl (C=O) groups is 3. The molecule has 1 aromatic carbocycles. The third-order valence-corrected chi connectivity index (χ3v) is 5.34. The number of nitrogens with zero attached hydrogens (tertiary/aromatic N) is 2. The van der Waals surface area contributed by atoms with E-state index >= 15 is 0 Å². The Bertz CT molecular complexity index is 1130. The topological polar surface area (TPSA) is 179 Å². The van der Waals surface area contributed by atoms with E-state index in [1.807, 2.05) is 10.0 Å². The Balaban J connectivity index is 1.89. The molecule has 0 unspecified atom stereocenters. The lowest BCUT2D eigenvalue weighted by Gasteiger charge is -2.09. The van der Waals surface area contributed by atoms with Gasteiger partial charge in [-0.05, 0) is 24.3 Å². The number of anilines is 1. The number of esters is 1. The van der Waals surface area contributed by atoms with Crippen molar-refractivity contribution in [2.75, 3.05) is 25.5 Å². The van der Waals surface area contributed by atoms with Crippen LogP contribution in [0.1, 0.15) is 10.5 Å². The van der Waals surface area contributed by atoms with Crippen molar-refractivity contribution in [1.29, 1.82) is 0 Å². The molecule has 0 spiro atoms. The van der Waals surface area contributed by atoms with Crippen LogP contribution in [0.15, 0.2) is 41.4 Å². The minimum Gasteiger partial charge on any atom is -0.455 e. The molecule has 1 aromatic heterocycles. The molecule has 0 radical (unpaired) electrons. The highest BCUT2D eigenvalue weighted by molar-refractivity contribution is 7.89. The summed E-state index contributed by atoms with van der Waals surface area (Å²) < 4.78 is 32.6. The maximum absolute atomic E-state index is 12.3. The molecule has 31 heavy (non-hydrogen) atoms. The molecular weight excluding hydrogens is 434 g/mol. The first-order valence-corrected chi connectivity index (χ1v) is 10.1. The van der Waals surface area contributed by atoms with Crippen LogP contribution in [0.4, 0.5) is 11.4 Å². The minimum absolute atomic E-state index is 0.110. The summed E-state index contributed by atoms with van der Waals surface area (Å²) in [4.78, 5) is 45.2. The summed E-state index contributed by atoms with van der Waals surface area (Å²) >= 11 is 0. The molecular formula is C17H19N5O8S. The van der Waals surface area contributed by atoms with Crippen molar-refractivity contribution in [2.45, 2.75) is 4.90 Å². The lowest BCUT2D eigenvalue weighted by Crippen LogP contribution is -2.37. The number of aromatic nitrogens is 1. The third kappa shape index (κ3) is 6.10. The Labute approximate surface area is 176 Å². The molecule has 0 saturated carbocycles. The zero-order valence-electron chi connectivity index (χ0n) is 16.4. The Morgan fingerprint density at radius 2 is 1.94 bits per heavy atom. The van der Waals surface area contributed by atoms with E-state index in [4.69, 9.17) is 0 Å². The van der Waals surface area contributed by atoms with Gasteiger partial charge in [0, 0.05) is 26.4 Å². The van der Waals surface area contributed by atoms with Crippen molar-refractivity contribution < 1.29 is 32.5 Å². The Morgan fingerprint density at radius 3 is 2.52 bits per heavy atom. The predicted molar refractivity (Wildman–Crippen MR) is 107 cm³/mol. The van der Waals surface area contributed by atoms with E-state index in [2.05, 4.69) is 10.1 Å². The largest absolute Gasteiger partial charge is 0.455 e. The van der Waals surface area contributed by atoms with E-state index in [0.717, 1.165) is 12.1 Å². The number of imide groups is 1. The molecule has 1 heterocycles. The van der Waals surface area contributed by atoms with E-state index in [9.17, 15) is 32.9 Å². The summed E-state index contributed by atoms with van der Waals surface area (Å²) in [7, 11) is -1.23. The molecule has 14 heteroatoms. The lowest BCUT2D eigenvalue weighted by molar-refractivity contribution is -0.384. The normalized spacial score (nSPS) is 10.9. The van der Waals surface area contributed by atoms with Crippen LogP contribution in [-0.4, -0.2) is 55.9 Å². The standard InChI is InChI=1S/C17H19N5O8S/c1-18-12-6-5-11(8-14(12)22(26)27)31(28,29)19-9-16(24)30-10-15(23)20-17(25)13-4-3-7-21(13)2/h3-8,18-19H,9-10H2,1-2H3,(H,20,23,25). The second kappa shape index (κ2) is 9.82. The number of amides is 2. The van der Waals surface area contributed by atoms with Gasteiger partial charge in [-0.2, -0.15) is 4.72 Å². The number of nitro benzene ring substituents is 1. The van der Waals surface area contributed by atoms with Crippen molar-refractivity contribution in [1.82, 2.24) is 14.6 Å². The number of carbonyl (C=O) groups excluding carboxylic acids is 3. The summed E-state index contributed by atoms with van der Waals surface area (Å²) in [5.41, 5.74) is -0.141. The quantitative estimate of drug-likeness (QED) is 0.262. The van der Waals surface area contributed by atoms with Gasteiger partial charge in [0.15, 0.2) is 6.61 Å². The molecule has 0 aliphatic rings. The first-order valence-electron chi connectivity index (χ1n) is 8.62. The first kappa shape index (κ1) is 23.5. The SMILES string of the molecule is CNc1ccc(S(=O)(=O)NCC(=O)OCC(=O)NC(=O)c2cccn2C)cc1[N+](=O)[O-]. The Kier molecular flexibility index (Phi) is 7.44. The van der Waals surface area contributed by atoms with Crippen molar-refractivity contribution in [3.63, 3.8) is 0 Å². The van der Waals surface area contributed by atoms with Gasteiger partial charge in [0.1, 0.15) is 17.9 Å². The molecule has 2 amide bonds. The average Bonchev–Trinajstić information content (AvgIpc) is 3.16. The molecule has 166 valence electrons. The monoisotopic (exact) mass is 453 g/mol. The molecule has 2 aromatic rings. The smallest absolute Gasteiger partial charge is 0.321 e. The number of nitro groups is 1. The zero-order chi connectivity index (χ0) is 23.2. The van der Waals surface area contributed by atoms with E-state index in [1.54, 1.807) is 19.3 Å². The lowest BCUT2D eigenvalue weighted by atomic mass is 10.3. The Hall–Kier alpha value is -3.78. The second-order valence-electron chi connectivity index (χ2n) is 6.05. The summed E-state index contributed by atoms with van der Waals surface area (Å²) in [6.07, 6.45) is 1.60. The molecule has 2 rings (SSSR count). The average molecular weight is 453 g/mol. The van der Waals surface area contributed by atoms with Crippen LogP contribution in [0, 0.1) is 10.1 Å². The number of sulfonamides is 1. The van der Waals surface area contributed by atoms with E-state index < -0.39 is 56.5 Å². The van der Waals surface area contributed by atoms with Gasteiger partial charge in [-0.25, -0.2) is 8.42 Å². The van der Waals surface area contributed by atoms with Gasteiger partial charge in [0.2, 0.25) is 10.0 Å². The minimum atomic E-state index is -4.27. The molecule has 0 saturated heterocycles. The van der Waals surface area contributed by atoms with Gasteiger partial charge < -0.3 is 14.6 Å². The maximum Gasteiger partial charge on any atom is 0.321 e. The number of aryl methyl sites for hydroxylation is 1. The fourth-order valence-electron chi connectivity index (χ4n) is 2.40. The molecule has 0 bridgehead atoms. The van der Waals surface area contributed by atoms with Crippen LogP contribution in [0.5, 0.6) is 0 Å². The summed E-state index contributed by atoms with van der Waals surface area (Å²) in [5.74, 6) is -2.69. The van der Waals surface area contributed by atoms with Crippen LogP contribution in [0.3, 0.4) is 0 Å². The van der Waals surface area contributed by atoms with Crippen molar-refractivity contribution in [3.05, 3.63) is 52.3 Å². The van der Waals surface area contributed by atoms with Crippen LogP contribution < -0.4 is 15.4 Å². The predicted octanol–water partition coefficient (Wildman–Crippen LogP) is -0.247. The first-order chi connectivity index (χ1) is 14.5. The van der Waals surface area contributed by atoms with Gasteiger partial charge in [0.25, 0.3) is 17.5 Å². The number of hydrogen-bond donors (Lipinski definition) is 3. The van der Waals surface area contributed by atoms with Crippen LogP contribution in [0.25, 0.3) is 0 Å². The van der Waals surface area contributed by atoms with Crippen molar-refractivity contribution in [3.8, 4) is 0 Å². The third-order valence-electron chi connectivity index (χ3n) is 3.95. The fourth-order valence-corrected chi connectivity index (χ4v) is 3.39. The van der Waals surface area contributed by atoms with Gasteiger partial charge in [0.05, 0.1) is 9.82 Å². The van der Waals surface area contributed by atoms with E-state index in [0.29, 0.717) is 0 Å². The van der Waals surface area contributed by atoms with Crippen LogP contribution >= 0.6 is 0 Å². The number of hydrogen-bond acceptors (Lipinski definition) is 9. The van der Waals surface area contributed by atoms with Gasteiger partial charge in [-0.1, -0.05) is 0 Å². The molecule has 0 fully saturated rings. The van der Waals surface area contributed by atoms with Crippen LogP contribution in [0.2, 0.25) is 0 Å². The van der Waals surface area contributed by atoms with Gasteiger partial charge >= 0.3 is 5.97 Å². The highest BCUT2D eigenvalue weighted by Crippen LogP contribution is 2.26. The number of rotatable bonds is 9. The molecule has 0 aliphatic carbocycles. The highest BCUT2D eigenvalue weighted by Gasteiger charge is 2.22. The highest BCUT2D eigenvalue weighted by atomic mass is 32.2. The fraction of sp³-hybridized carbons (Fsp3) is 0.235. The van der Waals surface area contributed by atoms with Gasteiger partial charge in [-0.15, -0.1) is 0 Å². The van der Waals surface area contributed by atoms with Crippen LogP contribution in [-0.2, 0) is 31.4 Å². The van der Waals surface area contributed by atoms with Crippen molar-refractivity contribution >= 4 is 39.2 Å². The zero-order valence-corrected chi connectivity index (χ0v) is 17.3. The number of nitrogens with one attached hydrogen (secondary N) is 3. The summed E-state index contributed by atoms with van der Waals surface area (Å²) in [6, 6.07) is 6.25. The Morgan fingerprint density at radius 1 is 1.23 bits per heavy atom. The molecule has 0 atom stereocenters.